The maximum absolute atomic E-state index is 5.14. The standard InChI is InChI=1S/C6H14N2O/c1-4-9-6(2)8-5-7-3/h5-6H,4H2,1-3H3,(H,7,8). The molecule has 0 saturated carbocycles. The van der Waals surface area contributed by atoms with Gasteiger partial charge in [-0.1, -0.05) is 0 Å². The van der Waals surface area contributed by atoms with Gasteiger partial charge in [-0.3, -0.25) is 4.99 Å². The van der Waals surface area contributed by atoms with Crippen molar-refractivity contribution in [2.24, 2.45) is 4.99 Å². The van der Waals surface area contributed by atoms with Crippen molar-refractivity contribution in [2.45, 2.75) is 20.1 Å². The Morgan fingerprint density at radius 1 is 1.78 bits per heavy atom. The zero-order chi connectivity index (χ0) is 7.11. The van der Waals surface area contributed by atoms with Gasteiger partial charge < -0.3 is 10.1 Å². The number of aliphatic imine (C=N–C) groups is 1. The van der Waals surface area contributed by atoms with Gasteiger partial charge >= 0.3 is 0 Å². The SMILES string of the molecule is CCOC(C)NC=NC. The Morgan fingerprint density at radius 3 is 2.89 bits per heavy atom. The van der Waals surface area contributed by atoms with Crippen LogP contribution in [0.1, 0.15) is 13.8 Å². The van der Waals surface area contributed by atoms with E-state index in [2.05, 4.69) is 10.3 Å². The Kier molecular flexibility index (Phi) is 5.21. The highest BCUT2D eigenvalue weighted by molar-refractivity contribution is 5.53. The number of hydrogen-bond acceptors (Lipinski definition) is 2. The molecule has 54 valence electrons. The lowest BCUT2D eigenvalue weighted by Crippen LogP contribution is -2.27. The first-order chi connectivity index (χ1) is 4.31. The molecule has 3 heteroatoms. The molecule has 0 aromatic carbocycles. The fraction of sp³-hybridized carbons (Fsp3) is 0.833. The van der Waals surface area contributed by atoms with Gasteiger partial charge in [0.25, 0.3) is 0 Å². The normalized spacial score (nSPS) is 14.1. The molecule has 0 radical (unpaired) electrons. The van der Waals surface area contributed by atoms with E-state index >= 15 is 0 Å². The summed E-state index contributed by atoms with van der Waals surface area (Å²) in [6.45, 7) is 4.62. The highest BCUT2D eigenvalue weighted by Gasteiger charge is 1.92. The van der Waals surface area contributed by atoms with Crippen LogP contribution in [0.4, 0.5) is 0 Å². The zero-order valence-corrected chi connectivity index (χ0v) is 6.22. The summed E-state index contributed by atoms with van der Waals surface area (Å²) < 4.78 is 5.14. The monoisotopic (exact) mass is 130 g/mol. The van der Waals surface area contributed by atoms with Gasteiger partial charge in [0, 0.05) is 13.7 Å². The smallest absolute Gasteiger partial charge is 0.125 e. The summed E-state index contributed by atoms with van der Waals surface area (Å²) in [6.07, 6.45) is 1.69. The molecule has 1 N–H and O–H groups in total. The van der Waals surface area contributed by atoms with E-state index in [4.69, 9.17) is 4.74 Å². The average molecular weight is 130 g/mol. The molecular weight excluding hydrogens is 116 g/mol. The number of hydrogen-bond donors (Lipinski definition) is 1. The minimum atomic E-state index is 0.0682. The molecule has 0 aromatic heterocycles. The van der Waals surface area contributed by atoms with Crippen LogP contribution in [0.2, 0.25) is 0 Å². The van der Waals surface area contributed by atoms with E-state index < -0.39 is 0 Å². The Balaban J connectivity index is 3.15. The van der Waals surface area contributed by atoms with Crippen LogP contribution in [0.3, 0.4) is 0 Å². The van der Waals surface area contributed by atoms with Gasteiger partial charge in [0.05, 0.1) is 6.34 Å². The van der Waals surface area contributed by atoms with Gasteiger partial charge in [0.1, 0.15) is 6.23 Å². The lowest BCUT2D eigenvalue weighted by atomic mass is 10.6. The van der Waals surface area contributed by atoms with Crippen molar-refractivity contribution in [2.75, 3.05) is 13.7 Å². The van der Waals surface area contributed by atoms with Crippen LogP contribution in [0, 0.1) is 0 Å². The van der Waals surface area contributed by atoms with Crippen molar-refractivity contribution in [3.05, 3.63) is 0 Å². The summed E-state index contributed by atoms with van der Waals surface area (Å²) >= 11 is 0. The number of rotatable bonds is 4. The van der Waals surface area contributed by atoms with Gasteiger partial charge in [-0.2, -0.15) is 0 Å². The molecule has 3 nitrogen and oxygen atoms in total. The van der Waals surface area contributed by atoms with E-state index in [1.807, 2.05) is 13.8 Å². The van der Waals surface area contributed by atoms with E-state index in [0.29, 0.717) is 0 Å². The van der Waals surface area contributed by atoms with E-state index in [9.17, 15) is 0 Å². The van der Waals surface area contributed by atoms with Gasteiger partial charge in [-0.05, 0) is 13.8 Å². The second kappa shape index (κ2) is 5.56. The second-order valence-corrected chi connectivity index (χ2v) is 1.65. The molecule has 0 bridgehead atoms. The third-order valence-electron chi connectivity index (χ3n) is 0.855. The Morgan fingerprint density at radius 2 is 2.44 bits per heavy atom. The van der Waals surface area contributed by atoms with Crippen LogP contribution >= 0.6 is 0 Å². The average Bonchev–Trinajstić information content (AvgIpc) is 1.85. The van der Waals surface area contributed by atoms with Crippen molar-refractivity contribution in [1.29, 1.82) is 0 Å². The number of nitrogens with zero attached hydrogens (tertiary/aromatic N) is 1. The maximum atomic E-state index is 5.14. The van der Waals surface area contributed by atoms with Crippen molar-refractivity contribution >= 4 is 6.34 Å². The summed E-state index contributed by atoms with van der Waals surface area (Å²) in [5, 5.41) is 2.92. The first kappa shape index (κ1) is 8.43. The maximum Gasteiger partial charge on any atom is 0.125 e. The van der Waals surface area contributed by atoms with E-state index in [-0.39, 0.29) is 6.23 Å². The molecule has 0 aliphatic rings. The van der Waals surface area contributed by atoms with E-state index in [1.165, 1.54) is 0 Å². The van der Waals surface area contributed by atoms with Crippen molar-refractivity contribution < 1.29 is 4.74 Å². The summed E-state index contributed by atoms with van der Waals surface area (Å²) in [6, 6.07) is 0. The number of nitrogens with one attached hydrogen (secondary N) is 1. The summed E-state index contributed by atoms with van der Waals surface area (Å²) in [4.78, 5) is 3.74. The largest absolute Gasteiger partial charge is 0.359 e. The van der Waals surface area contributed by atoms with Crippen LogP contribution < -0.4 is 5.32 Å². The Labute approximate surface area is 56.1 Å². The molecule has 0 amide bonds. The highest BCUT2D eigenvalue weighted by Crippen LogP contribution is 1.80. The van der Waals surface area contributed by atoms with Crippen LogP contribution in [0.25, 0.3) is 0 Å². The predicted octanol–water partition coefficient (Wildman–Crippen LogP) is 0.617. The molecule has 0 spiro atoms. The summed E-state index contributed by atoms with van der Waals surface area (Å²) in [7, 11) is 1.71. The topological polar surface area (TPSA) is 33.6 Å². The molecule has 0 aliphatic heterocycles. The number of ether oxygens (including phenoxy) is 1. The first-order valence-corrected chi connectivity index (χ1v) is 3.09. The van der Waals surface area contributed by atoms with Crippen molar-refractivity contribution in [3.63, 3.8) is 0 Å². The Bertz CT molecular complexity index is 83.1. The van der Waals surface area contributed by atoms with Crippen LogP contribution in [-0.4, -0.2) is 26.2 Å². The highest BCUT2D eigenvalue weighted by atomic mass is 16.5. The second-order valence-electron chi connectivity index (χ2n) is 1.65. The lowest BCUT2D eigenvalue weighted by molar-refractivity contribution is 0.0673. The first-order valence-electron chi connectivity index (χ1n) is 3.09. The molecule has 0 saturated heterocycles. The molecule has 9 heavy (non-hydrogen) atoms. The van der Waals surface area contributed by atoms with Crippen LogP contribution in [-0.2, 0) is 4.74 Å². The van der Waals surface area contributed by atoms with Crippen LogP contribution in [0.15, 0.2) is 4.99 Å². The van der Waals surface area contributed by atoms with Gasteiger partial charge in [-0.25, -0.2) is 0 Å². The molecule has 0 heterocycles. The quantitative estimate of drug-likeness (QED) is 0.344. The van der Waals surface area contributed by atoms with E-state index in [1.54, 1.807) is 13.4 Å². The zero-order valence-electron chi connectivity index (χ0n) is 6.22. The third-order valence-corrected chi connectivity index (χ3v) is 0.855. The van der Waals surface area contributed by atoms with Crippen LogP contribution in [0.5, 0.6) is 0 Å². The molecule has 1 unspecified atom stereocenters. The predicted molar refractivity (Wildman–Crippen MR) is 38.6 cm³/mol. The van der Waals surface area contributed by atoms with Crippen molar-refractivity contribution in [1.82, 2.24) is 5.32 Å². The lowest BCUT2D eigenvalue weighted by Gasteiger charge is -2.09. The van der Waals surface area contributed by atoms with Gasteiger partial charge in [-0.15, -0.1) is 0 Å². The van der Waals surface area contributed by atoms with Gasteiger partial charge in [0.15, 0.2) is 0 Å². The fourth-order valence-electron chi connectivity index (χ4n) is 0.478. The molecule has 0 rings (SSSR count). The molecule has 0 aliphatic carbocycles. The molecule has 1 atom stereocenters. The minimum absolute atomic E-state index is 0.0682. The summed E-state index contributed by atoms with van der Waals surface area (Å²) in [5.74, 6) is 0. The third kappa shape index (κ3) is 5.30. The minimum Gasteiger partial charge on any atom is -0.359 e. The van der Waals surface area contributed by atoms with Gasteiger partial charge in [0.2, 0.25) is 0 Å². The molecule has 0 aromatic rings. The Hall–Kier alpha value is -0.570. The molecule has 0 fully saturated rings. The van der Waals surface area contributed by atoms with Crippen molar-refractivity contribution in [3.8, 4) is 0 Å². The molecular formula is C6H14N2O. The fourth-order valence-corrected chi connectivity index (χ4v) is 0.478. The summed E-state index contributed by atoms with van der Waals surface area (Å²) in [5.41, 5.74) is 0. The van der Waals surface area contributed by atoms with E-state index in [0.717, 1.165) is 6.61 Å².